The summed E-state index contributed by atoms with van der Waals surface area (Å²) in [6.07, 6.45) is 1.77. The van der Waals surface area contributed by atoms with Crippen molar-refractivity contribution in [3.8, 4) is 0 Å². The molecule has 16 heavy (non-hydrogen) atoms. The lowest BCUT2D eigenvalue weighted by Crippen LogP contribution is -2.24. The van der Waals surface area contributed by atoms with E-state index in [2.05, 4.69) is 10.4 Å². The predicted octanol–water partition coefficient (Wildman–Crippen LogP) is -0.910. The molecule has 2 amide bonds. The molecule has 0 atom stereocenters. The Morgan fingerprint density at radius 2 is 2.25 bits per heavy atom. The molecule has 88 valence electrons. The summed E-state index contributed by atoms with van der Waals surface area (Å²) in [7, 11) is 0. The summed E-state index contributed by atoms with van der Waals surface area (Å²) < 4.78 is 1.44. The molecule has 1 aromatic heterocycles. The van der Waals surface area contributed by atoms with Crippen LogP contribution in [0.2, 0.25) is 0 Å². The van der Waals surface area contributed by atoms with Crippen LogP contribution in [0.15, 0.2) is 6.20 Å². The van der Waals surface area contributed by atoms with E-state index in [1.54, 1.807) is 0 Å². The number of nitrogens with zero attached hydrogens (tertiary/aromatic N) is 2. The second-order valence-electron chi connectivity index (χ2n) is 3.26. The summed E-state index contributed by atoms with van der Waals surface area (Å²) in [5, 5.41) is 6.54. The first-order chi connectivity index (χ1) is 7.54. The monoisotopic (exact) mass is 225 g/mol. The van der Waals surface area contributed by atoms with Crippen LogP contribution in [0.5, 0.6) is 0 Å². The number of nitrogen functional groups attached to an aromatic ring is 1. The van der Waals surface area contributed by atoms with Gasteiger partial charge >= 0.3 is 0 Å². The summed E-state index contributed by atoms with van der Waals surface area (Å²) >= 11 is 0. The number of primary amides is 1. The molecule has 0 aliphatic heterocycles. The van der Waals surface area contributed by atoms with E-state index in [1.807, 2.05) is 6.92 Å². The largest absolute Gasteiger partial charge is 0.396 e. The number of nitrogens with one attached hydrogen (secondary N) is 1. The van der Waals surface area contributed by atoms with E-state index in [-0.39, 0.29) is 23.7 Å². The van der Waals surface area contributed by atoms with Crippen molar-refractivity contribution in [1.29, 1.82) is 0 Å². The van der Waals surface area contributed by atoms with Gasteiger partial charge in [0.05, 0.1) is 5.69 Å². The third kappa shape index (κ3) is 2.97. The molecule has 0 saturated carbocycles. The molecule has 0 aromatic carbocycles. The van der Waals surface area contributed by atoms with Gasteiger partial charge in [-0.05, 0) is 6.92 Å². The van der Waals surface area contributed by atoms with Crippen molar-refractivity contribution >= 4 is 17.5 Å². The molecule has 0 spiro atoms. The highest BCUT2D eigenvalue weighted by Gasteiger charge is 2.11. The molecule has 0 radical (unpaired) electrons. The number of nitrogens with two attached hydrogens (primary N) is 2. The maximum atomic E-state index is 11.2. The normalized spacial score (nSPS) is 10.1. The molecule has 0 aliphatic rings. The molecule has 1 rings (SSSR count). The van der Waals surface area contributed by atoms with E-state index in [9.17, 15) is 9.59 Å². The van der Waals surface area contributed by atoms with Crippen molar-refractivity contribution in [3.63, 3.8) is 0 Å². The summed E-state index contributed by atoms with van der Waals surface area (Å²) in [4.78, 5) is 22.0. The zero-order chi connectivity index (χ0) is 12.1. The zero-order valence-corrected chi connectivity index (χ0v) is 9.06. The number of aromatic nitrogens is 2. The van der Waals surface area contributed by atoms with Gasteiger partial charge in [0, 0.05) is 25.7 Å². The van der Waals surface area contributed by atoms with Gasteiger partial charge in [0.15, 0.2) is 5.69 Å². The van der Waals surface area contributed by atoms with E-state index in [0.29, 0.717) is 13.1 Å². The van der Waals surface area contributed by atoms with Crippen LogP contribution in [0.4, 0.5) is 5.69 Å². The Labute approximate surface area is 92.8 Å². The Bertz CT molecular complexity index is 399. The van der Waals surface area contributed by atoms with Gasteiger partial charge in [-0.15, -0.1) is 0 Å². The average molecular weight is 225 g/mol. The minimum absolute atomic E-state index is 0.0379. The molecular formula is C9H15N5O2. The minimum atomic E-state index is -0.672. The van der Waals surface area contributed by atoms with Crippen LogP contribution in [0.1, 0.15) is 23.8 Å². The molecule has 1 aromatic rings. The molecule has 0 unspecified atom stereocenters. The third-order valence-electron chi connectivity index (χ3n) is 1.97. The van der Waals surface area contributed by atoms with E-state index in [4.69, 9.17) is 11.5 Å². The number of rotatable bonds is 5. The number of amides is 2. The average Bonchev–Trinajstić information content (AvgIpc) is 2.57. The maximum absolute atomic E-state index is 11.2. The van der Waals surface area contributed by atoms with Crippen LogP contribution in [-0.2, 0) is 11.3 Å². The van der Waals surface area contributed by atoms with Crippen LogP contribution in [0.3, 0.4) is 0 Å². The Balaban J connectivity index is 2.58. The number of carbonyl (C=O) groups excluding carboxylic acids is 2. The van der Waals surface area contributed by atoms with E-state index in [0.717, 1.165) is 0 Å². The van der Waals surface area contributed by atoms with Gasteiger partial charge in [0.2, 0.25) is 5.91 Å². The Morgan fingerprint density at radius 3 is 2.75 bits per heavy atom. The van der Waals surface area contributed by atoms with Crippen LogP contribution in [-0.4, -0.2) is 28.1 Å². The second kappa shape index (κ2) is 5.15. The lowest BCUT2D eigenvalue weighted by atomic mass is 10.4. The zero-order valence-electron chi connectivity index (χ0n) is 9.06. The first kappa shape index (κ1) is 12.0. The summed E-state index contributed by atoms with van der Waals surface area (Å²) in [6, 6.07) is 0. The van der Waals surface area contributed by atoms with E-state index >= 15 is 0 Å². The maximum Gasteiger partial charge on any atom is 0.271 e. The molecule has 0 aliphatic carbocycles. The molecule has 0 bridgehead atoms. The number of hydrogen-bond acceptors (Lipinski definition) is 4. The second-order valence-corrected chi connectivity index (χ2v) is 3.26. The standard InChI is InChI=1S/C9H15N5O2/c1-2-12-7(15)3-4-14-5-6(10)8(13-14)9(11)16/h5H,2-4,10H2,1H3,(H2,11,16)(H,12,15). The summed E-state index contributed by atoms with van der Waals surface area (Å²) in [6.45, 7) is 2.80. The van der Waals surface area contributed by atoms with Crippen molar-refractivity contribution in [1.82, 2.24) is 15.1 Å². The number of hydrogen-bond donors (Lipinski definition) is 3. The first-order valence-corrected chi connectivity index (χ1v) is 4.94. The summed E-state index contributed by atoms with van der Waals surface area (Å²) in [5.41, 5.74) is 10.8. The fraction of sp³-hybridized carbons (Fsp3) is 0.444. The highest BCUT2D eigenvalue weighted by Crippen LogP contribution is 2.08. The highest BCUT2D eigenvalue weighted by molar-refractivity contribution is 5.95. The van der Waals surface area contributed by atoms with Crippen molar-refractivity contribution in [2.45, 2.75) is 19.9 Å². The quantitative estimate of drug-likeness (QED) is 0.601. The lowest BCUT2D eigenvalue weighted by molar-refractivity contribution is -0.121. The number of carbonyl (C=O) groups is 2. The number of anilines is 1. The van der Waals surface area contributed by atoms with Gasteiger partial charge in [-0.2, -0.15) is 5.10 Å². The van der Waals surface area contributed by atoms with Crippen molar-refractivity contribution in [2.75, 3.05) is 12.3 Å². The molecule has 0 saturated heterocycles. The van der Waals surface area contributed by atoms with Gasteiger partial charge in [-0.3, -0.25) is 14.3 Å². The minimum Gasteiger partial charge on any atom is -0.396 e. The lowest BCUT2D eigenvalue weighted by Gasteiger charge is -2.01. The molecule has 7 heteroatoms. The van der Waals surface area contributed by atoms with Gasteiger partial charge < -0.3 is 16.8 Å². The predicted molar refractivity (Wildman–Crippen MR) is 58.5 cm³/mol. The molecule has 5 N–H and O–H groups in total. The SMILES string of the molecule is CCNC(=O)CCn1cc(N)c(C(N)=O)n1. The van der Waals surface area contributed by atoms with Crippen LogP contribution >= 0.6 is 0 Å². The van der Waals surface area contributed by atoms with Gasteiger partial charge in [0.1, 0.15) is 0 Å². The fourth-order valence-electron chi connectivity index (χ4n) is 1.24. The Morgan fingerprint density at radius 1 is 1.56 bits per heavy atom. The smallest absolute Gasteiger partial charge is 0.271 e. The van der Waals surface area contributed by atoms with Gasteiger partial charge in [-0.1, -0.05) is 0 Å². The highest BCUT2D eigenvalue weighted by atomic mass is 16.2. The fourth-order valence-corrected chi connectivity index (χ4v) is 1.24. The Hall–Kier alpha value is -2.05. The van der Waals surface area contributed by atoms with Gasteiger partial charge in [0.25, 0.3) is 5.91 Å². The van der Waals surface area contributed by atoms with Crippen LogP contribution in [0, 0.1) is 0 Å². The van der Waals surface area contributed by atoms with Crippen LogP contribution < -0.4 is 16.8 Å². The molecule has 7 nitrogen and oxygen atoms in total. The van der Waals surface area contributed by atoms with Crippen molar-refractivity contribution in [3.05, 3.63) is 11.9 Å². The molecule has 0 fully saturated rings. The third-order valence-corrected chi connectivity index (χ3v) is 1.97. The number of aryl methyl sites for hydroxylation is 1. The first-order valence-electron chi connectivity index (χ1n) is 4.94. The van der Waals surface area contributed by atoms with Gasteiger partial charge in [-0.25, -0.2) is 0 Å². The van der Waals surface area contributed by atoms with E-state index in [1.165, 1.54) is 10.9 Å². The molecular weight excluding hydrogens is 210 g/mol. The van der Waals surface area contributed by atoms with Crippen molar-refractivity contribution < 1.29 is 9.59 Å². The van der Waals surface area contributed by atoms with E-state index < -0.39 is 5.91 Å². The van der Waals surface area contributed by atoms with Crippen molar-refractivity contribution in [2.24, 2.45) is 5.73 Å². The topological polar surface area (TPSA) is 116 Å². The van der Waals surface area contributed by atoms with Crippen LogP contribution in [0.25, 0.3) is 0 Å². The summed E-state index contributed by atoms with van der Waals surface area (Å²) in [5.74, 6) is -0.744. The Kier molecular flexibility index (Phi) is 3.87. The molecule has 1 heterocycles.